The molecule has 0 spiro atoms. The van der Waals surface area contributed by atoms with Gasteiger partial charge in [-0.2, -0.15) is 0 Å². The first-order chi connectivity index (χ1) is 15.9. The van der Waals surface area contributed by atoms with E-state index in [9.17, 15) is 4.79 Å². The van der Waals surface area contributed by atoms with Crippen LogP contribution < -0.4 is 4.74 Å². The summed E-state index contributed by atoms with van der Waals surface area (Å²) in [4.78, 5) is 21.4. The highest BCUT2D eigenvalue weighted by atomic mass is 35.5. The first-order valence-electron chi connectivity index (χ1n) is 10.5. The Balaban J connectivity index is 1.61. The van der Waals surface area contributed by atoms with E-state index < -0.39 is 0 Å². The number of benzene rings is 2. The van der Waals surface area contributed by atoms with Crippen LogP contribution in [0.1, 0.15) is 39.9 Å². The molecule has 0 fully saturated rings. The van der Waals surface area contributed by atoms with Crippen LogP contribution in [0.5, 0.6) is 5.75 Å². The van der Waals surface area contributed by atoms with Crippen LogP contribution in [-0.4, -0.2) is 27.1 Å². The molecule has 0 aliphatic rings. The lowest BCUT2D eigenvalue weighted by Crippen LogP contribution is -2.12. The van der Waals surface area contributed by atoms with Crippen molar-refractivity contribution in [3.63, 3.8) is 0 Å². The number of imidazole rings is 1. The van der Waals surface area contributed by atoms with E-state index in [1.54, 1.807) is 19.2 Å². The Labute approximate surface area is 202 Å². The molecule has 6 nitrogen and oxygen atoms in total. The maximum Gasteiger partial charge on any atom is 0.338 e. The predicted octanol–water partition coefficient (Wildman–Crippen LogP) is 6.16. The lowest BCUT2D eigenvalue weighted by atomic mass is 10.0. The van der Waals surface area contributed by atoms with Gasteiger partial charge in [-0.05, 0) is 44.5 Å². The van der Waals surface area contributed by atoms with Gasteiger partial charge >= 0.3 is 5.97 Å². The number of pyridine rings is 1. The SMILES string of the molecule is CCOC(=O)c1c(C)cccc1COc1ccc2nc(C)n(Cc3ncc(Cl)cc3Cl)c2c1. The molecule has 4 aromatic rings. The molecule has 0 aliphatic heterocycles. The molecule has 8 heteroatoms. The highest BCUT2D eigenvalue weighted by Crippen LogP contribution is 2.26. The molecule has 33 heavy (non-hydrogen) atoms. The summed E-state index contributed by atoms with van der Waals surface area (Å²) in [6.07, 6.45) is 1.58. The third-order valence-electron chi connectivity index (χ3n) is 5.34. The number of hydrogen-bond acceptors (Lipinski definition) is 5. The number of carbonyl (C=O) groups excluding carboxylic acids is 1. The summed E-state index contributed by atoms with van der Waals surface area (Å²) in [6.45, 7) is 6.62. The molecule has 0 saturated heterocycles. The fourth-order valence-electron chi connectivity index (χ4n) is 3.73. The van der Waals surface area contributed by atoms with Crippen molar-refractivity contribution in [3.05, 3.63) is 86.9 Å². The number of halogens is 2. The maximum atomic E-state index is 12.4. The molecule has 0 saturated carbocycles. The van der Waals surface area contributed by atoms with Crippen LogP contribution in [0.2, 0.25) is 10.0 Å². The average molecular weight is 484 g/mol. The van der Waals surface area contributed by atoms with E-state index in [4.69, 9.17) is 32.7 Å². The van der Waals surface area contributed by atoms with Crippen LogP contribution in [0, 0.1) is 13.8 Å². The van der Waals surface area contributed by atoms with Crippen molar-refractivity contribution in [3.8, 4) is 5.75 Å². The van der Waals surface area contributed by atoms with Crippen molar-refractivity contribution >= 4 is 40.2 Å². The number of aromatic nitrogens is 3. The number of nitrogens with zero attached hydrogens (tertiary/aromatic N) is 3. The second-order valence-corrected chi connectivity index (χ2v) is 8.44. The van der Waals surface area contributed by atoms with E-state index in [2.05, 4.69) is 9.97 Å². The van der Waals surface area contributed by atoms with Crippen LogP contribution in [0.15, 0.2) is 48.7 Å². The summed E-state index contributed by atoms with van der Waals surface area (Å²) >= 11 is 12.3. The average Bonchev–Trinajstić information content (AvgIpc) is 3.08. The van der Waals surface area contributed by atoms with Crippen molar-refractivity contribution in [1.82, 2.24) is 14.5 Å². The maximum absolute atomic E-state index is 12.4. The van der Waals surface area contributed by atoms with Gasteiger partial charge in [0.05, 0.1) is 45.5 Å². The summed E-state index contributed by atoms with van der Waals surface area (Å²) in [7, 11) is 0. The minimum atomic E-state index is -0.342. The first-order valence-corrected chi connectivity index (χ1v) is 11.3. The minimum absolute atomic E-state index is 0.235. The minimum Gasteiger partial charge on any atom is -0.489 e. The van der Waals surface area contributed by atoms with Gasteiger partial charge in [-0.1, -0.05) is 41.4 Å². The van der Waals surface area contributed by atoms with Crippen LogP contribution >= 0.6 is 23.2 Å². The Bertz CT molecular complexity index is 1330. The van der Waals surface area contributed by atoms with Crippen molar-refractivity contribution in [2.75, 3.05) is 6.61 Å². The molecule has 4 rings (SSSR count). The van der Waals surface area contributed by atoms with Crippen LogP contribution in [0.25, 0.3) is 11.0 Å². The molecule has 170 valence electrons. The van der Waals surface area contributed by atoms with Crippen molar-refractivity contribution in [2.45, 2.75) is 33.9 Å². The molecule has 0 atom stereocenters. The van der Waals surface area contributed by atoms with E-state index in [1.165, 1.54) is 0 Å². The number of hydrogen-bond donors (Lipinski definition) is 0. The number of fused-ring (bicyclic) bond motifs is 1. The van der Waals surface area contributed by atoms with Gasteiger partial charge in [0.1, 0.15) is 18.2 Å². The lowest BCUT2D eigenvalue weighted by Gasteiger charge is -2.13. The van der Waals surface area contributed by atoms with E-state index in [1.807, 2.05) is 54.8 Å². The van der Waals surface area contributed by atoms with Gasteiger partial charge in [0.25, 0.3) is 0 Å². The highest BCUT2D eigenvalue weighted by Gasteiger charge is 2.16. The molecule has 0 aliphatic carbocycles. The lowest BCUT2D eigenvalue weighted by molar-refractivity contribution is 0.0522. The standard InChI is InChI=1S/C25H23Cl2N3O3/c1-4-32-25(31)24-15(2)6-5-7-17(24)14-33-19-8-9-21-23(11-19)30(16(3)29-21)13-22-20(27)10-18(26)12-28-22/h5-12H,4,13-14H2,1-3H3. The van der Waals surface area contributed by atoms with Crippen LogP contribution in [-0.2, 0) is 17.9 Å². The normalized spacial score (nSPS) is 11.1. The van der Waals surface area contributed by atoms with Gasteiger partial charge in [0.2, 0.25) is 0 Å². The number of esters is 1. The molecule has 2 aromatic heterocycles. The van der Waals surface area contributed by atoms with Gasteiger partial charge in [-0.15, -0.1) is 0 Å². The predicted molar refractivity (Wildman–Crippen MR) is 129 cm³/mol. The van der Waals surface area contributed by atoms with Gasteiger partial charge in [0.15, 0.2) is 0 Å². The zero-order chi connectivity index (χ0) is 23.5. The number of rotatable bonds is 7. The largest absolute Gasteiger partial charge is 0.489 e. The number of ether oxygens (including phenoxy) is 2. The molecule has 0 unspecified atom stereocenters. The van der Waals surface area contributed by atoms with Gasteiger partial charge in [-0.25, -0.2) is 9.78 Å². The van der Waals surface area contributed by atoms with E-state index in [0.29, 0.717) is 40.2 Å². The van der Waals surface area contributed by atoms with Crippen molar-refractivity contribution in [2.24, 2.45) is 0 Å². The van der Waals surface area contributed by atoms with E-state index in [0.717, 1.165) is 28.0 Å². The Morgan fingerprint density at radius 2 is 1.94 bits per heavy atom. The molecular weight excluding hydrogens is 461 g/mol. The van der Waals surface area contributed by atoms with Crippen molar-refractivity contribution < 1.29 is 14.3 Å². The fourth-order valence-corrected chi connectivity index (χ4v) is 4.17. The second-order valence-electron chi connectivity index (χ2n) is 7.60. The summed E-state index contributed by atoms with van der Waals surface area (Å²) in [5.41, 5.74) is 4.61. The first kappa shape index (κ1) is 23.1. The van der Waals surface area contributed by atoms with Gasteiger partial charge in [0, 0.05) is 17.8 Å². The third kappa shape index (κ3) is 4.97. The third-order valence-corrected chi connectivity index (χ3v) is 5.87. The van der Waals surface area contributed by atoms with Gasteiger partial charge < -0.3 is 14.0 Å². The highest BCUT2D eigenvalue weighted by molar-refractivity contribution is 6.34. The molecular formula is C25H23Cl2N3O3. The fraction of sp³-hybridized carbons (Fsp3) is 0.240. The summed E-state index contributed by atoms with van der Waals surface area (Å²) < 4.78 is 13.3. The molecule has 0 N–H and O–H groups in total. The zero-order valence-electron chi connectivity index (χ0n) is 18.6. The zero-order valence-corrected chi connectivity index (χ0v) is 20.1. The smallest absolute Gasteiger partial charge is 0.338 e. The second kappa shape index (κ2) is 9.81. The quantitative estimate of drug-likeness (QED) is 0.294. The molecule has 0 radical (unpaired) electrons. The topological polar surface area (TPSA) is 66.2 Å². The molecule has 0 bridgehead atoms. The molecule has 2 heterocycles. The number of carbonyl (C=O) groups is 1. The molecule has 2 aromatic carbocycles. The number of aryl methyl sites for hydroxylation is 2. The Hall–Kier alpha value is -3.09. The Kier molecular flexibility index (Phi) is 6.86. The summed E-state index contributed by atoms with van der Waals surface area (Å²) in [5.74, 6) is 1.15. The summed E-state index contributed by atoms with van der Waals surface area (Å²) in [5, 5.41) is 0.993. The Morgan fingerprint density at radius 3 is 2.70 bits per heavy atom. The van der Waals surface area contributed by atoms with E-state index in [-0.39, 0.29) is 12.6 Å². The summed E-state index contributed by atoms with van der Waals surface area (Å²) in [6, 6.07) is 13.1. The monoisotopic (exact) mass is 483 g/mol. The molecule has 0 amide bonds. The van der Waals surface area contributed by atoms with E-state index >= 15 is 0 Å². The van der Waals surface area contributed by atoms with Crippen LogP contribution in [0.4, 0.5) is 0 Å². The van der Waals surface area contributed by atoms with Crippen LogP contribution in [0.3, 0.4) is 0 Å². The van der Waals surface area contributed by atoms with Gasteiger partial charge in [-0.3, -0.25) is 4.98 Å². The Morgan fingerprint density at radius 1 is 1.12 bits per heavy atom. The van der Waals surface area contributed by atoms with Crippen molar-refractivity contribution in [1.29, 1.82) is 0 Å².